The van der Waals surface area contributed by atoms with Crippen molar-refractivity contribution >= 4 is 45.4 Å². The quantitative estimate of drug-likeness (QED) is 0.607. The Balaban J connectivity index is 2.48. The normalized spacial score (nSPS) is 23.2. The Morgan fingerprint density at radius 3 is 2.21 bits per heavy atom. The van der Waals surface area contributed by atoms with Gasteiger partial charge in [-0.25, -0.2) is 8.72 Å². The van der Waals surface area contributed by atoms with Crippen LogP contribution in [0.4, 0.5) is 4.79 Å². The molecular formula is C13H12BrClN2O2. The van der Waals surface area contributed by atoms with E-state index < -0.39 is 17.5 Å². The number of imide groups is 1. The summed E-state index contributed by atoms with van der Waals surface area (Å²) in [4.78, 5) is 23.9. The molecule has 1 aliphatic rings. The zero-order chi connectivity index (χ0) is 14.4. The Hall–Kier alpha value is -1.33. The molecule has 100 valence electrons. The lowest BCUT2D eigenvalue weighted by atomic mass is 9.91. The third-order valence-electron chi connectivity index (χ3n) is 3.26. The number of benzene rings is 1. The van der Waals surface area contributed by atoms with E-state index in [9.17, 15) is 9.59 Å². The summed E-state index contributed by atoms with van der Waals surface area (Å²) < 4.78 is 1.74. The Bertz CT molecular complexity index is 573. The highest BCUT2D eigenvalue weighted by molar-refractivity contribution is 9.07. The lowest BCUT2D eigenvalue weighted by Gasteiger charge is -2.26. The molecule has 6 heteroatoms. The number of hydrogen-bond donors (Lipinski definition) is 0. The molecule has 19 heavy (non-hydrogen) atoms. The molecule has 0 aliphatic carbocycles. The summed E-state index contributed by atoms with van der Waals surface area (Å²) in [6, 6.07) is 6.70. The number of allylic oxidation sites excluding steroid dienone is 1. The number of halogens is 2. The summed E-state index contributed by atoms with van der Waals surface area (Å²) in [7, 11) is 0. The van der Waals surface area contributed by atoms with Crippen LogP contribution < -0.4 is 0 Å². The predicted molar refractivity (Wildman–Crippen MR) is 77.4 cm³/mol. The van der Waals surface area contributed by atoms with Gasteiger partial charge in [0.15, 0.2) is 5.54 Å². The van der Waals surface area contributed by atoms with Crippen LogP contribution in [0.15, 0.2) is 30.8 Å². The molecule has 1 aromatic carbocycles. The Labute approximate surface area is 125 Å². The van der Waals surface area contributed by atoms with Gasteiger partial charge in [0.2, 0.25) is 0 Å². The molecule has 1 unspecified atom stereocenters. The van der Waals surface area contributed by atoms with Crippen LogP contribution in [0.1, 0.15) is 25.0 Å². The lowest BCUT2D eigenvalue weighted by molar-refractivity contribution is -0.128. The Morgan fingerprint density at radius 1 is 1.32 bits per heavy atom. The maximum atomic E-state index is 12.2. The van der Waals surface area contributed by atoms with Crippen LogP contribution in [0, 0.1) is 0 Å². The number of nitrogens with zero attached hydrogens (tertiary/aromatic N) is 2. The van der Waals surface area contributed by atoms with Crippen molar-refractivity contribution in [1.29, 1.82) is 0 Å². The van der Waals surface area contributed by atoms with E-state index in [-0.39, 0.29) is 0 Å². The van der Waals surface area contributed by atoms with E-state index in [1.807, 2.05) is 19.1 Å². The van der Waals surface area contributed by atoms with Gasteiger partial charge in [-0.05, 0) is 25.0 Å². The lowest BCUT2D eigenvalue weighted by Crippen LogP contribution is -2.38. The molecular weight excluding hydrogens is 332 g/mol. The third kappa shape index (κ3) is 1.97. The molecule has 0 N–H and O–H groups in total. The first-order valence-corrected chi connectivity index (χ1v) is 6.61. The van der Waals surface area contributed by atoms with Crippen LogP contribution in [0.3, 0.4) is 0 Å². The van der Waals surface area contributed by atoms with Crippen molar-refractivity contribution in [2.75, 3.05) is 0 Å². The first-order chi connectivity index (χ1) is 8.80. The van der Waals surface area contributed by atoms with Crippen molar-refractivity contribution in [2.45, 2.75) is 19.4 Å². The molecule has 1 aliphatic heterocycles. The topological polar surface area (TPSA) is 40.6 Å². The highest BCUT2D eigenvalue weighted by atomic mass is 79.9. The van der Waals surface area contributed by atoms with E-state index in [0.29, 0.717) is 9.98 Å². The van der Waals surface area contributed by atoms with Gasteiger partial charge in [0.1, 0.15) is 0 Å². The number of carbonyl (C=O) groups excluding carboxylic acids is 2. The van der Waals surface area contributed by atoms with Gasteiger partial charge >= 0.3 is 6.03 Å². The van der Waals surface area contributed by atoms with Crippen molar-refractivity contribution in [3.8, 4) is 0 Å². The van der Waals surface area contributed by atoms with Gasteiger partial charge in [-0.3, -0.25) is 4.79 Å². The highest BCUT2D eigenvalue weighted by Gasteiger charge is 2.54. The molecule has 0 radical (unpaired) electrons. The third-order valence-corrected chi connectivity index (χ3v) is 4.57. The molecule has 1 atom stereocenters. The Kier molecular flexibility index (Phi) is 3.45. The molecule has 0 spiro atoms. The molecule has 0 bridgehead atoms. The molecule has 1 aromatic rings. The van der Waals surface area contributed by atoms with E-state index in [1.165, 1.54) is 0 Å². The average molecular weight is 344 g/mol. The molecule has 4 nitrogen and oxygen atoms in total. The molecule has 1 saturated heterocycles. The van der Waals surface area contributed by atoms with E-state index >= 15 is 0 Å². The van der Waals surface area contributed by atoms with Crippen LogP contribution in [0.25, 0.3) is 5.57 Å². The smallest absolute Gasteiger partial charge is 0.270 e. The van der Waals surface area contributed by atoms with Crippen LogP contribution in [-0.4, -0.2) is 20.3 Å². The van der Waals surface area contributed by atoms with Crippen LogP contribution in [-0.2, 0) is 10.3 Å². The monoisotopic (exact) mass is 342 g/mol. The molecule has 1 fully saturated rings. The van der Waals surface area contributed by atoms with E-state index in [1.54, 1.807) is 19.1 Å². The van der Waals surface area contributed by atoms with E-state index in [2.05, 4.69) is 22.7 Å². The number of hydrogen-bond acceptors (Lipinski definition) is 2. The standard InChI is InChI=1S/C13H12BrClN2O2/c1-8(2)9-4-6-10(7-5-9)13(3)11(18)16(15)12(19)17(13)14/h4-7H,1H2,2-3H3. The second kappa shape index (κ2) is 4.65. The maximum Gasteiger partial charge on any atom is 0.353 e. The number of rotatable bonds is 2. The second-order valence-electron chi connectivity index (χ2n) is 4.58. The predicted octanol–water partition coefficient (Wildman–Crippen LogP) is 3.66. The maximum absolute atomic E-state index is 12.2. The van der Waals surface area contributed by atoms with Crippen molar-refractivity contribution < 1.29 is 9.59 Å². The number of urea groups is 1. The zero-order valence-corrected chi connectivity index (χ0v) is 12.8. The molecule has 2 rings (SSSR count). The summed E-state index contributed by atoms with van der Waals surface area (Å²) in [5, 5.41) is 0. The van der Waals surface area contributed by atoms with Crippen molar-refractivity contribution in [3.63, 3.8) is 0 Å². The number of amides is 3. The van der Waals surface area contributed by atoms with Crippen LogP contribution >= 0.6 is 27.9 Å². The summed E-state index contributed by atoms with van der Waals surface area (Å²) in [5.74, 6) is -0.487. The van der Waals surface area contributed by atoms with Gasteiger partial charge in [0.05, 0.1) is 16.1 Å². The molecule has 0 saturated carbocycles. The fraction of sp³-hybridized carbons (Fsp3) is 0.231. The SMILES string of the molecule is C=C(C)c1ccc(C2(C)C(=O)N(Cl)C(=O)N2Br)cc1. The fourth-order valence-corrected chi connectivity index (χ4v) is 2.79. The van der Waals surface area contributed by atoms with Gasteiger partial charge < -0.3 is 0 Å². The van der Waals surface area contributed by atoms with E-state index in [0.717, 1.165) is 15.1 Å². The summed E-state index contributed by atoms with van der Waals surface area (Å²) in [6.45, 7) is 7.39. The van der Waals surface area contributed by atoms with Gasteiger partial charge in [-0.15, -0.1) is 0 Å². The van der Waals surface area contributed by atoms with Crippen molar-refractivity contribution in [1.82, 2.24) is 8.34 Å². The first-order valence-electron chi connectivity index (χ1n) is 5.57. The van der Waals surface area contributed by atoms with Crippen LogP contribution in [0.2, 0.25) is 0 Å². The summed E-state index contributed by atoms with van der Waals surface area (Å²) in [5.41, 5.74) is 1.44. The van der Waals surface area contributed by atoms with E-state index in [4.69, 9.17) is 11.8 Å². The minimum atomic E-state index is -1.15. The van der Waals surface area contributed by atoms with Crippen LogP contribution in [0.5, 0.6) is 0 Å². The van der Waals surface area contributed by atoms with Gasteiger partial charge in [-0.1, -0.05) is 36.4 Å². The minimum absolute atomic E-state index is 0.487. The minimum Gasteiger partial charge on any atom is -0.270 e. The fourth-order valence-electron chi connectivity index (χ4n) is 1.95. The zero-order valence-electron chi connectivity index (χ0n) is 10.5. The summed E-state index contributed by atoms with van der Waals surface area (Å²) in [6.07, 6.45) is 0. The highest BCUT2D eigenvalue weighted by Crippen LogP contribution is 2.40. The van der Waals surface area contributed by atoms with Gasteiger partial charge in [-0.2, -0.15) is 4.42 Å². The van der Waals surface area contributed by atoms with Crippen molar-refractivity contribution in [3.05, 3.63) is 42.0 Å². The van der Waals surface area contributed by atoms with Gasteiger partial charge in [0.25, 0.3) is 5.91 Å². The molecule has 0 aromatic heterocycles. The number of carbonyl (C=O) groups is 2. The average Bonchev–Trinajstić information content (AvgIpc) is 2.55. The second-order valence-corrected chi connectivity index (χ2v) is 5.63. The molecule has 1 heterocycles. The first kappa shape index (κ1) is 14.1. The van der Waals surface area contributed by atoms with Crippen molar-refractivity contribution in [2.24, 2.45) is 0 Å². The summed E-state index contributed by atoms with van der Waals surface area (Å²) >= 11 is 8.78. The van der Waals surface area contributed by atoms with Gasteiger partial charge in [0, 0.05) is 11.8 Å². The largest absolute Gasteiger partial charge is 0.353 e. The molecule has 3 amide bonds. The Morgan fingerprint density at radius 2 is 1.84 bits per heavy atom.